The van der Waals surface area contributed by atoms with Gasteiger partial charge in [0.25, 0.3) is 0 Å². The number of fused-ring (bicyclic) bond motifs is 1. The summed E-state index contributed by atoms with van der Waals surface area (Å²) in [5.74, 6) is 2.29. The average molecular weight is 323 g/mol. The van der Waals surface area contributed by atoms with Crippen LogP contribution in [0.25, 0.3) is 6.08 Å². The third-order valence-corrected chi connectivity index (χ3v) is 6.76. The molecule has 0 aromatic heterocycles. The van der Waals surface area contributed by atoms with Crippen molar-refractivity contribution in [2.75, 3.05) is 0 Å². The van der Waals surface area contributed by atoms with E-state index < -0.39 is 0 Å². The van der Waals surface area contributed by atoms with Crippen LogP contribution in [-0.2, 0) is 0 Å². The molecule has 0 saturated heterocycles. The van der Waals surface area contributed by atoms with Gasteiger partial charge in [-0.3, -0.25) is 0 Å². The lowest BCUT2D eigenvalue weighted by atomic mass is 9.68. The van der Waals surface area contributed by atoms with Gasteiger partial charge < -0.3 is 0 Å². The van der Waals surface area contributed by atoms with Gasteiger partial charge in [0.1, 0.15) is 0 Å². The highest BCUT2D eigenvalue weighted by atomic mass is 14.5. The number of benzene rings is 1. The highest BCUT2D eigenvalue weighted by molar-refractivity contribution is 5.59. The van der Waals surface area contributed by atoms with E-state index in [0.29, 0.717) is 11.3 Å². The Morgan fingerprint density at radius 3 is 2.38 bits per heavy atom. The molecule has 0 N–H and O–H groups in total. The molecule has 0 amide bonds. The van der Waals surface area contributed by atoms with E-state index in [2.05, 4.69) is 71.9 Å². The second-order valence-electron chi connectivity index (χ2n) is 8.92. The SMILES string of the molecule is CC1=C(/C=C/c2ccc(C(C)C)cc2C)C(C)(C)C2CCCCC12. The molecule has 1 fully saturated rings. The van der Waals surface area contributed by atoms with Crippen LogP contribution in [-0.4, -0.2) is 0 Å². The molecule has 2 atom stereocenters. The first-order valence-corrected chi connectivity index (χ1v) is 9.82. The summed E-state index contributed by atoms with van der Waals surface area (Å²) in [4.78, 5) is 0. The van der Waals surface area contributed by atoms with Crippen LogP contribution >= 0.6 is 0 Å². The molecule has 130 valence electrons. The second kappa shape index (κ2) is 6.54. The summed E-state index contributed by atoms with van der Waals surface area (Å²) in [7, 11) is 0. The zero-order valence-electron chi connectivity index (χ0n) is 16.4. The van der Waals surface area contributed by atoms with Crippen molar-refractivity contribution in [2.45, 2.75) is 73.1 Å². The molecule has 0 nitrogen and oxygen atoms in total. The minimum atomic E-state index is 0.331. The number of rotatable bonds is 3. The van der Waals surface area contributed by atoms with E-state index in [9.17, 15) is 0 Å². The Morgan fingerprint density at radius 2 is 1.75 bits per heavy atom. The molecule has 2 aliphatic rings. The van der Waals surface area contributed by atoms with E-state index in [1.807, 2.05) is 0 Å². The molecule has 0 spiro atoms. The van der Waals surface area contributed by atoms with E-state index >= 15 is 0 Å². The Balaban J connectivity index is 1.89. The van der Waals surface area contributed by atoms with Gasteiger partial charge in [0.15, 0.2) is 0 Å². The lowest BCUT2D eigenvalue weighted by Gasteiger charge is -2.36. The van der Waals surface area contributed by atoms with Gasteiger partial charge in [0.05, 0.1) is 0 Å². The van der Waals surface area contributed by atoms with Crippen LogP contribution in [0.5, 0.6) is 0 Å². The Morgan fingerprint density at radius 1 is 1.04 bits per heavy atom. The maximum Gasteiger partial charge on any atom is -0.00700 e. The summed E-state index contributed by atoms with van der Waals surface area (Å²) in [5.41, 5.74) is 7.79. The molecule has 2 unspecified atom stereocenters. The van der Waals surface area contributed by atoms with E-state index in [-0.39, 0.29) is 0 Å². The van der Waals surface area contributed by atoms with Gasteiger partial charge >= 0.3 is 0 Å². The predicted octanol–water partition coefficient (Wildman–Crippen LogP) is 7.29. The van der Waals surface area contributed by atoms with Crippen molar-refractivity contribution in [1.82, 2.24) is 0 Å². The van der Waals surface area contributed by atoms with Crippen LogP contribution in [0, 0.1) is 24.2 Å². The molecule has 1 saturated carbocycles. The summed E-state index contributed by atoms with van der Waals surface area (Å²) < 4.78 is 0. The van der Waals surface area contributed by atoms with Gasteiger partial charge in [-0.1, -0.05) is 76.5 Å². The molecule has 24 heavy (non-hydrogen) atoms. The fourth-order valence-corrected chi connectivity index (χ4v) is 5.18. The Bertz CT molecular complexity index is 669. The van der Waals surface area contributed by atoms with Crippen LogP contribution in [0.2, 0.25) is 0 Å². The lowest BCUT2D eigenvalue weighted by molar-refractivity contribution is 0.176. The molecule has 0 radical (unpaired) electrons. The minimum absolute atomic E-state index is 0.331. The van der Waals surface area contributed by atoms with Crippen molar-refractivity contribution in [1.29, 1.82) is 0 Å². The predicted molar refractivity (Wildman–Crippen MR) is 106 cm³/mol. The summed E-state index contributed by atoms with van der Waals surface area (Å²) in [6, 6.07) is 6.94. The van der Waals surface area contributed by atoms with Crippen LogP contribution < -0.4 is 0 Å². The highest BCUT2D eigenvalue weighted by Crippen LogP contribution is 2.56. The van der Waals surface area contributed by atoms with Gasteiger partial charge in [0, 0.05) is 0 Å². The summed E-state index contributed by atoms with van der Waals surface area (Å²) in [5, 5.41) is 0. The van der Waals surface area contributed by atoms with Gasteiger partial charge in [-0.05, 0) is 72.1 Å². The molecular weight excluding hydrogens is 288 g/mol. The first kappa shape index (κ1) is 17.5. The van der Waals surface area contributed by atoms with Crippen molar-refractivity contribution in [3.05, 3.63) is 52.1 Å². The van der Waals surface area contributed by atoms with Crippen molar-refractivity contribution in [3.63, 3.8) is 0 Å². The van der Waals surface area contributed by atoms with Gasteiger partial charge in [-0.2, -0.15) is 0 Å². The van der Waals surface area contributed by atoms with Crippen LogP contribution in [0.1, 0.15) is 82.9 Å². The molecule has 1 aromatic carbocycles. The van der Waals surface area contributed by atoms with Crippen molar-refractivity contribution < 1.29 is 0 Å². The maximum absolute atomic E-state index is 2.47. The maximum atomic E-state index is 2.47. The molecule has 0 heterocycles. The zero-order chi connectivity index (χ0) is 17.5. The molecule has 0 heteroatoms. The number of allylic oxidation sites excluding steroid dienone is 3. The van der Waals surface area contributed by atoms with Crippen LogP contribution in [0.3, 0.4) is 0 Å². The quantitative estimate of drug-likeness (QED) is 0.548. The topological polar surface area (TPSA) is 0 Å². The Labute approximate surface area is 149 Å². The summed E-state index contributed by atoms with van der Waals surface area (Å²) >= 11 is 0. The van der Waals surface area contributed by atoms with Crippen molar-refractivity contribution in [2.24, 2.45) is 17.3 Å². The third kappa shape index (κ3) is 3.01. The summed E-state index contributed by atoms with van der Waals surface area (Å²) in [6.07, 6.45) is 10.4. The first-order chi connectivity index (χ1) is 11.3. The fourth-order valence-electron chi connectivity index (χ4n) is 5.18. The highest BCUT2D eigenvalue weighted by Gasteiger charge is 2.45. The van der Waals surface area contributed by atoms with E-state index in [1.165, 1.54) is 42.4 Å². The zero-order valence-corrected chi connectivity index (χ0v) is 16.4. The fraction of sp³-hybridized carbons (Fsp3) is 0.583. The van der Waals surface area contributed by atoms with E-state index in [4.69, 9.17) is 0 Å². The third-order valence-electron chi connectivity index (χ3n) is 6.76. The molecule has 1 aromatic rings. The molecule has 0 bridgehead atoms. The molecule has 3 rings (SSSR count). The minimum Gasteiger partial charge on any atom is -0.0662 e. The largest absolute Gasteiger partial charge is 0.0662 e. The lowest BCUT2D eigenvalue weighted by Crippen LogP contribution is -2.27. The van der Waals surface area contributed by atoms with Gasteiger partial charge in [-0.25, -0.2) is 0 Å². The summed E-state index contributed by atoms with van der Waals surface area (Å²) in [6.45, 7) is 14.1. The standard InChI is InChI=1S/C24H34/c1-16(2)20-12-11-19(17(3)15-20)13-14-22-18(4)21-9-7-8-10-23(21)24(22,5)6/h11-16,21,23H,7-10H2,1-6H3/b14-13+. The first-order valence-electron chi connectivity index (χ1n) is 9.82. The van der Waals surface area contributed by atoms with Crippen LogP contribution in [0.4, 0.5) is 0 Å². The number of aryl methyl sites for hydroxylation is 1. The van der Waals surface area contributed by atoms with Crippen molar-refractivity contribution in [3.8, 4) is 0 Å². The molecule has 2 aliphatic carbocycles. The normalized spacial score (nSPS) is 26.5. The molecule has 0 aliphatic heterocycles. The monoisotopic (exact) mass is 322 g/mol. The van der Waals surface area contributed by atoms with Gasteiger partial charge in [0.2, 0.25) is 0 Å². The second-order valence-corrected chi connectivity index (χ2v) is 8.92. The molecular formula is C24H34. The van der Waals surface area contributed by atoms with Gasteiger partial charge in [-0.15, -0.1) is 0 Å². The smallest absolute Gasteiger partial charge is 0.00700 e. The average Bonchev–Trinajstić information content (AvgIpc) is 2.74. The number of hydrogen-bond acceptors (Lipinski definition) is 0. The van der Waals surface area contributed by atoms with Crippen LogP contribution in [0.15, 0.2) is 35.4 Å². The van der Waals surface area contributed by atoms with Crippen molar-refractivity contribution >= 4 is 6.08 Å². The number of hydrogen-bond donors (Lipinski definition) is 0. The van der Waals surface area contributed by atoms with E-state index in [0.717, 1.165) is 11.8 Å². The Hall–Kier alpha value is -1.30. The van der Waals surface area contributed by atoms with E-state index in [1.54, 1.807) is 11.1 Å². The Kier molecular flexibility index (Phi) is 4.78.